The van der Waals surface area contributed by atoms with Crippen LogP contribution in [-0.4, -0.2) is 15.1 Å². The van der Waals surface area contributed by atoms with Gasteiger partial charge in [0.1, 0.15) is 11.5 Å². The fourth-order valence-corrected chi connectivity index (χ4v) is 6.76. The third-order valence-electron chi connectivity index (χ3n) is 8.93. The van der Waals surface area contributed by atoms with Crippen molar-refractivity contribution < 1.29 is 0 Å². The van der Waals surface area contributed by atoms with Gasteiger partial charge in [0, 0.05) is 18.0 Å². The second-order valence-electron chi connectivity index (χ2n) is 11.8. The molecule has 47 heavy (non-hydrogen) atoms. The zero-order valence-electron chi connectivity index (χ0n) is 26.4. The van der Waals surface area contributed by atoms with Gasteiger partial charge in [0.2, 0.25) is 0 Å². The second-order valence-corrected chi connectivity index (χ2v) is 11.8. The van der Waals surface area contributed by atoms with Gasteiger partial charge in [-0.1, -0.05) is 133 Å². The van der Waals surface area contributed by atoms with Crippen LogP contribution in [0.15, 0.2) is 169 Å². The van der Waals surface area contributed by atoms with Gasteiger partial charge in [-0.3, -0.25) is 9.39 Å². The monoisotopic (exact) mass is 603 g/mol. The maximum Gasteiger partial charge on any atom is 0.145 e. The molecule has 0 aliphatic rings. The summed E-state index contributed by atoms with van der Waals surface area (Å²) in [5.74, 6) is 0.904. The number of allylic oxidation sites excluding steroid dienone is 1. The van der Waals surface area contributed by atoms with Gasteiger partial charge in [-0.2, -0.15) is 0 Å². The van der Waals surface area contributed by atoms with E-state index < -0.39 is 0 Å². The Hall–Kier alpha value is -6.06. The molecule has 3 heteroatoms. The predicted octanol–water partition coefficient (Wildman–Crippen LogP) is 11.7. The van der Waals surface area contributed by atoms with E-state index in [1.807, 2.05) is 38.3 Å². The first-order valence-corrected chi connectivity index (χ1v) is 16.0. The van der Waals surface area contributed by atoms with Gasteiger partial charge in [-0.05, 0) is 87.0 Å². The van der Waals surface area contributed by atoms with Crippen LogP contribution in [-0.2, 0) is 0 Å². The number of hydrogen-bond acceptors (Lipinski definition) is 2. The maximum atomic E-state index is 5.07. The molecule has 6 aromatic carbocycles. The van der Waals surface area contributed by atoms with Crippen LogP contribution in [0.5, 0.6) is 0 Å². The molecule has 0 saturated heterocycles. The van der Waals surface area contributed by atoms with Crippen LogP contribution in [0.25, 0.3) is 71.8 Å². The van der Waals surface area contributed by atoms with Crippen LogP contribution in [0.2, 0.25) is 0 Å². The summed E-state index contributed by atoms with van der Waals surface area (Å²) in [5, 5.41) is 5.02. The highest BCUT2D eigenvalue weighted by Crippen LogP contribution is 2.44. The zero-order valence-corrected chi connectivity index (χ0v) is 26.4. The van der Waals surface area contributed by atoms with Crippen LogP contribution in [0, 0.1) is 0 Å². The van der Waals surface area contributed by atoms with Crippen LogP contribution in [0.1, 0.15) is 19.5 Å². The summed E-state index contributed by atoms with van der Waals surface area (Å²) in [6.07, 6.45) is 5.82. The van der Waals surface area contributed by atoms with Crippen molar-refractivity contribution in [2.24, 2.45) is 4.99 Å². The minimum absolute atomic E-state index is 0.891. The van der Waals surface area contributed by atoms with Gasteiger partial charge >= 0.3 is 0 Å². The Kier molecular flexibility index (Phi) is 7.28. The molecule has 0 amide bonds. The summed E-state index contributed by atoms with van der Waals surface area (Å²) in [4.78, 5) is 9.65. The molecular weight excluding hydrogens is 571 g/mol. The Labute approximate surface area is 274 Å². The van der Waals surface area contributed by atoms with Crippen LogP contribution in [0.3, 0.4) is 0 Å². The minimum atomic E-state index is 0.891. The molecule has 0 bridgehead atoms. The fraction of sp³-hybridized carbons (Fsp3) is 0.0455. The first-order valence-electron chi connectivity index (χ1n) is 16.0. The van der Waals surface area contributed by atoms with Gasteiger partial charge in [0.15, 0.2) is 0 Å². The lowest BCUT2D eigenvalue weighted by Crippen LogP contribution is -1.95. The Morgan fingerprint density at radius 2 is 1.11 bits per heavy atom. The highest BCUT2D eigenvalue weighted by atomic mass is 15.0. The molecule has 0 fully saturated rings. The molecule has 3 nitrogen and oxygen atoms in total. The molecule has 0 saturated carbocycles. The van der Waals surface area contributed by atoms with Crippen LogP contribution in [0.4, 0.5) is 0 Å². The average Bonchev–Trinajstić information content (AvgIpc) is 3.53. The van der Waals surface area contributed by atoms with Crippen molar-refractivity contribution in [2.75, 3.05) is 0 Å². The van der Waals surface area contributed by atoms with Crippen molar-refractivity contribution in [3.63, 3.8) is 0 Å². The van der Waals surface area contributed by atoms with E-state index in [9.17, 15) is 0 Å². The van der Waals surface area contributed by atoms with Crippen molar-refractivity contribution in [3.8, 4) is 44.8 Å². The lowest BCUT2D eigenvalue weighted by Gasteiger charge is -2.18. The molecule has 0 aliphatic carbocycles. The summed E-state index contributed by atoms with van der Waals surface area (Å²) in [6, 6.07) is 52.3. The van der Waals surface area contributed by atoms with Crippen molar-refractivity contribution >= 4 is 32.8 Å². The molecule has 8 rings (SSSR count). The predicted molar refractivity (Wildman–Crippen MR) is 199 cm³/mol. The molecule has 2 heterocycles. The number of pyridine rings is 1. The third-order valence-corrected chi connectivity index (χ3v) is 8.93. The fourth-order valence-electron chi connectivity index (χ4n) is 6.76. The number of benzene rings is 6. The molecule has 0 atom stereocenters. The van der Waals surface area contributed by atoms with Gasteiger partial charge in [-0.25, -0.2) is 4.98 Å². The van der Waals surface area contributed by atoms with E-state index in [0.29, 0.717) is 0 Å². The molecule has 8 aromatic rings. The molecule has 0 radical (unpaired) electrons. The molecule has 2 aromatic heterocycles. The van der Waals surface area contributed by atoms with Crippen molar-refractivity contribution in [1.29, 1.82) is 0 Å². The van der Waals surface area contributed by atoms with E-state index in [1.54, 1.807) is 0 Å². The van der Waals surface area contributed by atoms with Gasteiger partial charge in [-0.15, -0.1) is 0 Å². The number of aromatic nitrogens is 2. The smallest absolute Gasteiger partial charge is 0.145 e. The van der Waals surface area contributed by atoms with E-state index in [4.69, 9.17) is 4.98 Å². The molecule has 224 valence electrons. The molecular formula is C44H33N3. The molecule has 0 aliphatic heterocycles. The standard InChI is InChI=1S/C44H33N3/c1-3-27-45-30(2)43-40-20-12-13-28-47(40)44(46-43)34-23-21-31(22-24-34)35-25-26-38-39(29-35)42(33-16-8-5-9-17-33)37-19-11-10-18-36(37)41(38)32-14-6-4-7-15-32/h3-29H,1-2H3/b27-3-,45-30+. The second kappa shape index (κ2) is 12.0. The number of aliphatic imine (C=N–C) groups is 1. The quantitative estimate of drug-likeness (QED) is 0.137. The number of nitrogens with zero attached hydrogens (tertiary/aromatic N) is 3. The topological polar surface area (TPSA) is 29.7 Å². The van der Waals surface area contributed by atoms with E-state index >= 15 is 0 Å². The summed E-state index contributed by atoms with van der Waals surface area (Å²) in [7, 11) is 0. The summed E-state index contributed by atoms with van der Waals surface area (Å²) in [5.41, 5.74) is 11.2. The van der Waals surface area contributed by atoms with E-state index in [2.05, 4.69) is 149 Å². The van der Waals surface area contributed by atoms with E-state index in [1.165, 1.54) is 49.4 Å². The zero-order chi connectivity index (χ0) is 31.7. The molecule has 0 N–H and O–H groups in total. The Balaban J connectivity index is 1.30. The highest BCUT2D eigenvalue weighted by Gasteiger charge is 2.18. The minimum Gasteiger partial charge on any atom is -0.299 e. The number of rotatable bonds is 6. The number of hydrogen-bond donors (Lipinski definition) is 0. The maximum absolute atomic E-state index is 5.07. The average molecular weight is 604 g/mol. The lowest BCUT2D eigenvalue weighted by atomic mass is 9.85. The lowest BCUT2D eigenvalue weighted by molar-refractivity contribution is 1.16. The van der Waals surface area contributed by atoms with E-state index in [-0.39, 0.29) is 0 Å². The number of imidazole rings is 1. The summed E-state index contributed by atoms with van der Waals surface area (Å²) < 4.78 is 2.15. The number of fused-ring (bicyclic) bond motifs is 3. The Morgan fingerprint density at radius 3 is 1.77 bits per heavy atom. The van der Waals surface area contributed by atoms with Crippen molar-refractivity contribution in [2.45, 2.75) is 13.8 Å². The molecule has 0 spiro atoms. The van der Waals surface area contributed by atoms with Gasteiger partial charge < -0.3 is 0 Å². The first-order chi connectivity index (χ1) is 23.2. The normalized spacial score (nSPS) is 12.1. The first kappa shape index (κ1) is 28.4. The third kappa shape index (κ3) is 5.03. The Morgan fingerprint density at radius 1 is 0.553 bits per heavy atom. The molecule has 0 unspecified atom stereocenters. The Bertz CT molecular complexity index is 2450. The largest absolute Gasteiger partial charge is 0.299 e. The van der Waals surface area contributed by atoms with Crippen molar-refractivity contribution in [3.05, 3.63) is 170 Å². The summed E-state index contributed by atoms with van der Waals surface area (Å²) in [6.45, 7) is 3.98. The van der Waals surface area contributed by atoms with Crippen LogP contribution < -0.4 is 0 Å². The SMILES string of the molecule is C/C=C\N=C(/C)c1nc(-c2ccc(-c3ccc4c(-c5ccccc5)c5ccccc5c(-c5ccccc5)c4c3)cc2)n2ccccc12. The van der Waals surface area contributed by atoms with Crippen molar-refractivity contribution in [1.82, 2.24) is 9.38 Å². The van der Waals surface area contributed by atoms with Gasteiger partial charge in [0.05, 0.1) is 11.2 Å². The van der Waals surface area contributed by atoms with Gasteiger partial charge in [0.25, 0.3) is 0 Å². The highest BCUT2D eigenvalue weighted by molar-refractivity contribution is 6.22. The van der Waals surface area contributed by atoms with Crippen LogP contribution >= 0.6 is 0 Å². The van der Waals surface area contributed by atoms with E-state index in [0.717, 1.165) is 33.9 Å². The summed E-state index contributed by atoms with van der Waals surface area (Å²) >= 11 is 0.